The van der Waals surface area contributed by atoms with E-state index in [0.717, 1.165) is 25.1 Å². The van der Waals surface area contributed by atoms with Crippen molar-refractivity contribution in [2.24, 2.45) is 0 Å². The minimum atomic E-state index is -3.45. The molecule has 1 aromatic carbocycles. The third-order valence-electron chi connectivity index (χ3n) is 3.21. The van der Waals surface area contributed by atoms with Gasteiger partial charge < -0.3 is 5.32 Å². The lowest BCUT2D eigenvalue weighted by Gasteiger charge is -2.19. The fourth-order valence-electron chi connectivity index (χ4n) is 2.24. The molecule has 2 rings (SSSR count). The molecule has 0 saturated heterocycles. The minimum absolute atomic E-state index is 0.147. The molecule has 0 aliphatic carbocycles. The number of hydrogen-bond acceptors (Lipinski definition) is 3. The van der Waals surface area contributed by atoms with E-state index in [0.29, 0.717) is 11.3 Å². The minimum Gasteiger partial charge on any atom is -0.385 e. The average Bonchev–Trinajstić information content (AvgIpc) is 2.37. The SMILES string of the molecule is C=CCC(C)NS(=O)(=O)c1ccc2c(c1)NCCC2. The fourth-order valence-corrected chi connectivity index (χ4v) is 3.52. The van der Waals surface area contributed by atoms with Gasteiger partial charge in [0.2, 0.25) is 10.0 Å². The number of aryl methyl sites for hydroxylation is 1. The first-order chi connectivity index (χ1) is 9.03. The highest BCUT2D eigenvalue weighted by Crippen LogP contribution is 2.25. The first kappa shape index (κ1) is 14.1. The molecule has 1 aliphatic rings. The zero-order valence-electron chi connectivity index (χ0n) is 11.1. The normalized spacial score (nSPS) is 16.3. The molecule has 0 saturated carbocycles. The summed E-state index contributed by atoms with van der Waals surface area (Å²) in [6, 6.07) is 5.15. The molecule has 4 nitrogen and oxygen atoms in total. The molecule has 0 fully saturated rings. The molecule has 1 aliphatic heterocycles. The van der Waals surface area contributed by atoms with Crippen LogP contribution in [0.15, 0.2) is 35.7 Å². The lowest BCUT2D eigenvalue weighted by molar-refractivity contribution is 0.562. The van der Waals surface area contributed by atoms with E-state index in [-0.39, 0.29) is 6.04 Å². The first-order valence-electron chi connectivity index (χ1n) is 6.53. The Morgan fingerprint density at radius 3 is 3.05 bits per heavy atom. The van der Waals surface area contributed by atoms with Crippen molar-refractivity contribution >= 4 is 15.7 Å². The number of sulfonamides is 1. The van der Waals surface area contributed by atoms with E-state index < -0.39 is 10.0 Å². The predicted octanol–water partition coefficient (Wildman–Crippen LogP) is 2.29. The van der Waals surface area contributed by atoms with Crippen LogP contribution in [0.5, 0.6) is 0 Å². The van der Waals surface area contributed by atoms with E-state index in [4.69, 9.17) is 0 Å². The summed E-state index contributed by atoms with van der Waals surface area (Å²) in [5.41, 5.74) is 2.12. The van der Waals surface area contributed by atoms with Gasteiger partial charge in [-0.1, -0.05) is 12.1 Å². The van der Waals surface area contributed by atoms with Gasteiger partial charge in [0.1, 0.15) is 0 Å². The second-order valence-corrected chi connectivity index (χ2v) is 6.61. The zero-order valence-corrected chi connectivity index (χ0v) is 12.0. The second kappa shape index (κ2) is 5.75. The molecule has 0 radical (unpaired) electrons. The van der Waals surface area contributed by atoms with Gasteiger partial charge in [0, 0.05) is 18.3 Å². The van der Waals surface area contributed by atoms with Crippen LogP contribution in [0.3, 0.4) is 0 Å². The van der Waals surface area contributed by atoms with Crippen LogP contribution >= 0.6 is 0 Å². The Kier molecular flexibility index (Phi) is 4.27. The summed E-state index contributed by atoms with van der Waals surface area (Å²) in [5, 5.41) is 3.25. The van der Waals surface area contributed by atoms with Crippen LogP contribution in [-0.2, 0) is 16.4 Å². The Morgan fingerprint density at radius 2 is 2.32 bits per heavy atom. The standard InChI is InChI=1S/C14H20N2O2S/c1-3-5-11(2)16-19(17,18)13-8-7-12-6-4-9-15-14(12)10-13/h3,7-8,10-11,15-16H,1,4-6,9H2,2H3. The third-order valence-corrected chi connectivity index (χ3v) is 4.79. The molecule has 0 amide bonds. The van der Waals surface area contributed by atoms with Gasteiger partial charge in [-0.2, -0.15) is 0 Å². The van der Waals surface area contributed by atoms with Crippen LogP contribution in [0.1, 0.15) is 25.3 Å². The maximum Gasteiger partial charge on any atom is 0.240 e. The van der Waals surface area contributed by atoms with Crippen LogP contribution in [0.4, 0.5) is 5.69 Å². The fraction of sp³-hybridized carbons (Fsp3) is 0.429. The summed E-state index contributed by atoms with van der Waals surface area (Å²) in [6.45, 7) is 6.35. The van der Waals surface area contributed by atoms with Crippen molar-refractivity contribution in [2.45, 2.75) is 37.1 Å². The van der Waals surface area contributed by atoms with Crippen LogP contribution < -0.4 is 10.0 Å². The van der Waals surface area contributed by atoms with E-state index in [1.165, 1.54) is 5.56 Å². The second-order valence-electron chi connectivity index (χ2n) is 4.90. The van der Waals surface area contributed by atoms with Crippen LogP contribution in [0.2, 0.25) is 0 Å². The molecule has 1 heterocycles. The highest BCUT2D eigenvalue weighted by Gasteiger charge is 2.19. The van der Waals surface area contributed by atoms with Crippen molar-refractivity contribution in [3.63, 3.8) is 0 Å². The molecule has 5 heteroatoms. The molecule has 2 N–H and O–H groups in total. The largest absolute Gasteiger partial charge is 0.385 e. The van der Waals surface area contributed by atoms with E-state index in [1.807, 2.05) is 13.0 Å². The van der Waals surface area contributed by atoms with Gasteiger partial charge >= 0.3 is 0 Å². The topological polar surface area (TPSA) is 58.2 Å². The van der Waals surface area contributed by atoms with Crippen molar-refractivity contribution in [1.29, 1.82) is 0 Å². The van der Waals surface area contributed by atoms with Crippen LogP contribution in [0.25, 0.3) is 0 Å². The molecule has 0 bridgehead atoms. The predicted molar refractivity (Wildman–Crippen MR) is 77.9 cm³/mol. The molecular weight excluding hydrogens is 260 g/mol. The number of fused-ring (bicyclic) bond motifs is 1. The Bertz CT molecular complexity index is 567. The Labute approximate surface area is 115 Å². The zero-order chi connectivity index (χ0) is 13.9. The summed E-state index contributed by atoms with van der Waals surface area (Å²) in [6.07, 6.45) is 4.42. The van der Waals surface area contributed by atoms with Crippen LogP contribution in [0, 0.1) is 0 Å². The maximum atomic E-state index is 12.2. The van der Waals surface area contributed by atoms with Crippen LogP contribution in [-0.4, -0.2) is 21.0 Å². The molecule has 19 heavy (non-hydrogen) atoms. The van der Waals surface area contributed by atoms with Gasteiger partial charge in [0.05, 0.1) is 4.90 Å². The quantitative estimate of drug-likeness (QED) is 0.814. The summed E-state index contributed by atoms with van der Waals surface area (Å²) < 4.78 is 27.1. The van der Waals surface area contributed by atoms with Gasteiger partial charge in [0.15, 0.2) is 0 Å². The molecule has 1 aromatic rings. The third kappa shape index (κ3) is 3.36. The number of hydrogen-bond donors (Lipinski definition) is 2. The molecule has 1 atom stereocenters. The van der Waals surface area contributed by atoms with Crippen molar-refractivity contribution < 1.29 is 8.42 Å². The van der Waals surface area contributed by atoms with Gasteiger partial charge in [0.25, 0.3) is 0 Å². The molecule has 1 unspecified atom stereocenters. The van der Waals surface area contributed by atoms with E-state index in [9.17, 15) is 8.42 Å². The van der Waals surface area contributed by atoms with E-state index in [1.54, 1.807) is 18.2 Å². The highest BCUT2D eigenvalue weighted by molar-refractivity contribution is 7.89. The van der Waals surface area contributed by atoms with Gasteiger partial charge in [-0.25, -0.2) is 13.1 Å². The first-order valence-corrected chi connectivity index (χ1v) is 8.01. The Hall–Kier alpha value is -1.33. The number of anilines is 1. The Morgan fingerprint density at radius 1 is 1.53 bits per heavy atom. The summed E-state index contributed by atoms with van der Waals surface area (Å²) in [7, 11) is -3.45. The summed E-state index contributed by atoms with van der Waals surface area (Å²) in [5.74, 6) is 0. The average molecular weight is 280 g/mol. The lowest BCUT2D eigenvalue weighted by atomic mass is 10.0. The van der Waals surface area contributed by atoms with Crippen molar-refractivity contribution in [1.82, 2.24) is 4.72 Å². The molecular formula is C14H20N2O2S. The summed E-state index contributed by atoms with van der Waals surface area (Å²) >= 11 is 0. The van der Waals surface area contributed by atoms with Crippen molar-refractivity contribution in [3.05, 3.63) is 36.4 Å². The maximum absolute atomic E-state index is 12.2. The number of nitrogens with one attached hydrogen (secondary N) is 2. The molecule has 0 aromatic heterocycles. The van der Waals surface area contributed by atoms with E-state index >= 15 is 0 Å². The van der Waals surface area contributed by atoms with Gasteiger partial charge in [-0.3, -0.25) is 0 Å². The number of rotatable bonds is 5. The van der Waals surface area contributed by atoms with E-state index in [2.05, 4.69) is 16.6 Å². The summed E-state index contributed by atoms with van der Waals surface area (Å²) in [4.78, 5) is 0.316. The number of benzene rings is 1. The molecule has 0 spiro atoms. The monoisotopic (exact) mass is 280 g/mol. The smallest absolute Gasteiger partial charge is 0.240 e. The lowest BCUT2D eigenvalue weighted by Crippen LogP contribution is -2.32. The van der Waals surface area contributed by atoms with Gasteiger partial charge in [-0.05, 0) is 43.9 Å². The Balaban J connectivity index is 2.23. The van der Waals surface area contributed by atoms with Crippen molar-refractivity contribution in [2.75, 3.05) is 11.9 Å². The molecule has 104 valence electrons. The van der Waals surface area contributed by atoms with Gasteiger partial charge in [-0.15, -0.1) is 6.58 Å². The highest BCUT2D eigenvalue weighted by atomic mass is 32.2. The van der Waals surface area contributed by atoms with Crippen molar-refractivity contribution in [3.8, 4) is 0 Å².